The second kappa shape index (κ2) is 7.39. The highest BCUT2D eigenvalue weighted by Gasteiger charge is 2.23. The number of carbonyl (C=O) groups excluding carboxylic acids is 2. The molecule has 1 saturated heterocycles. The molecule has 23 heavy (non-hydrogen) atoms. The molecule has 0 unspecified atom stereocenters. The lowest BCUT2D eigenvalue weighted by atomic mass is 10.0. The van der Waals surface area contributed by atoms with E-state index in [0.717, 1.165) is 12.0 Å². The van der Waals surface area contributed by atoms with Crippen molar-refractivity contribution in [2.45, 2.75) is 37.5 Å². The zero-order chi connectivity index (χ0) is 16.2. The average Bonchev–Trinajstić information content (AvgIpc) is 2.61. The molecule has 3 rings (SSSR count). The van der Waals surface area contributed by atoms with Crippen molar-refractivity contribution in [1.29, 1.82) is 0 Å². The van der Waals surface area contributed by atoms with E-state index in [-0.39, 0.29) is 11.8 Å². The quantitative estimate of drug-likeness (QED) is 0.853. The fraction of sp³-hybridized carbons (Fsp3) is 0.556. The van der Waals surface area contributed by atoms with Gasteiger partial charge in [-0.05, 0) is 35.8 Å². The average molecular weight is 332 g/mol. The highest BCUT2D eigenvalue weighted by molar-refractivity contribution is 7.99. The summed E-state index contributed by atoms with van der Waals surface area (Å²) >= 11 is 1.92. The van der Waals surface area contributed by atoms with Crippen molar-refractivity contribution in [3.8, 4) is 0 Å². The van der Waals surface area contributed by atoms with E-state index in [9.17, 15) is 9.59 Å². The summed E-state index contributed by atoms with van der Waals surface area (Å²) in [7, 11) is 0. The fourth-order valence-electron chi connectivity index (χ4n) is 3.24. The van der Waals surface area contributed by atoms with Crippen LogP contribution in [-0.4, -0.2) is 53.5 Å². The number of rotatable bonds is 3. The Kier molecular flexibility index (Phi) is 5.26. The molecule has 0 aliphatic carbocycles. The van der Waals surface area contributed by atoms with E-state index in [2.05, 4.69) is 18.2 Å². The first kappa shape index (κ1) is 16.4. The van der Waals surface area contributed by atoms with Gasteiger partial charge >= 0.3 is 0 Å². The van der Waals surface area contributed by atoms with Gasteiger partial charge in [0.1, 0.15) is 0 Å². The smallest absolute Gasteiger partial charge is 0.227 e. The Morgan fingerprint density at radius 2 is 1.78 bits per heavy atom. The zero-order valence-corrected chi connectivity index (χ0v) is 14.5. The maximum Gasteiger partial charge on any atom is 0.227 e. The third-order valence-electron chi connectivity index (χ3n) is 4.62. The Morgan fingerprint density at radius 1 is 1.09 bits per heavy atom. The molecule has 0 atom stereocenters. The van der Waals surface area contributed by atoms with Gasteiger partial charge < -0.3 is 9.80 Å². The summed E-state index contributed by atoms with van der Waals surface area (Å²) in [5.74, 6) is 1.56. The number of nitrogens with zero attached hydrogens (tertiary/aromatic N) is 2. The van der Waals surface area contributed by atoms with Crippen LogP contribution in [0.2, 0.25) is 0 Å². The van der Waals surface area contributed by atoms with Crippen molar-refractivity contribution >= 4 is 23.6 Å². The first-order chi connectivity index (χ1) is 11.2. The minimum Gasteiger partial charge on any atom is -0.339 e. The molecular formula is C18H24N2O2S. The zero-order valence-electron chi connectivity index (χ0n) is 13.7. The lowest BCUT2D eigenvalue weighted by Gasteiger charge is -2.34. The van der Waals surface area contributed by atoms with E-state index in [0.29, 0.717) is 39.0 Å². The van der Waals surface area contributed by atoms with Crippen LogP contribution < -0.4 is 0 Å². The lowest BCUT2D eigenvalue weighted by molar-refractivity contribution is -0.139. The highest BCUT2D eigenvalue weighted by Crippen LogP contribution is 2.30. The Balaban J connectivity index is 1.56. The van der Waals surface area contributed by atoms with Crippen LogP contribution in [0.5, 0.6) is 0 Å². The topological polar surface area (TPSA) is 40.6 Å². The molecule has 2 amide bonds. The molecule has 0 aromatic heterocycles. The molecular weight excluding hydrogens is 308 g/mol. The second-order valence-electron chi connectivity index (χ2n) is 6.19. The monoisotopic (exact) mass is 332 g/mol. The van der Waals surface area contributed by atoms with Gasteiger partial charge in [-0.2, -0.15) is 0 Å². The summed E-state index contributed by atoms with van der Waals surface area (Å²) in [4.78, 5) is 29.3. The number of aryl methyl sites for hydroxylation is 1. The third kappa shape index (κ3) is 3.89. The van der Waals surface area contributed by atoms with Gasteiger partial charge in [-0.15, -0.1) is 11.8 Å². The number of amides is 2. The van der Waals surface area contributed by atoms with Crippen molar-refractivity contribution in [1.82, 2.24) is 9.80 Å². The van der Waals surface area contributed by atoms with Crippen LogP contribution in [0.4, 0.5) is 0 Å². The van der Waals surface area contributed by atoms with Crippen molar-refractivity contribution in [3.05, 3.63) is 29.3 Å². The molecule has 2 heterocycles. The van der Waals surface area contributed by atoms with Crippen molar-refractivity contribution < 1.29 is 9.59 Å². The molecule has 2 aliphatic rings. The van der Waals surface area contributed by atoms with Crippen LogP contribution in [0.3, 0.4) is 0 Å². The maximum absolute atomic E-state index is 12.5. The molecule has 1 aromatic rings. The predicted octanol–water partition coefficient (Wildman–Crippen LogP) is 2.35. The van der Waals surface area contributed by atoms with Gasteiger partial charge in [-0.1, -0.05) is 19.1 Å². The summed E-state index contributed by atoms with van der Waals surface area (Å²) < 4.78 is 0. The van der Waals surface area contributed by atoms with E-state index in [1.807, 2.05) is 28.5 Å². The number of benzene rings is 1. The molecule has 4 nitrogen and oxygen atoms in total. The minimum atomic E-state index is 0.178. The number of carbonyl (C=O) groups is 2. The summed E-state index contributed by atoms with van der Waals surface area (Å²) in [6, 6.07) is 6.46. The molecule has 0 N–H and O–H groups in total. The number of thioether (sulfide) groups is 1. The van der Waals surface area contributed by atoms with Crippen molar-refractivity contribution in [3.63, 3.8) is 0 Å². The predicted molar refractivity (Wildman–Crippen MR) is 92.6 cm³/mol. The van der Waals surface area contributed by atoms with Crippen molar-refractivity contribution in [2.24, 2.45) is 0 Å². The molecule has 1 aromatic carbocycles. The van der Waals surface area contributed by atoms with Gasteiger partial charge in [0.2, 0.25) is 11.8 Å². The van der Waals surface area contributed by atoms with Gasteiger partial charge in [-0.25, -0.2) is 0 Å². The van der Waals surface area contributed by atoms with Gasteiger partial charge in [0.25, 0.3) is 0 Å². The Bertz CT molecular complexity index is 595. The molecule has 2 aliphatic heterocycles. The van der Waals surface area contributed by atoms with Gasteiger partial charge in [-0.3, -0.25) is 9.59 Å². The first-order valence-electron chi connectivity index (χ1n) is 8.47. The number of hydrogen-bond acceptors (Lipinski definition) is 3. The molecule has 1 fully saturated rings. The third-order valence-corrected chi connectivity index (χ3v) is 5.82. The van der Waals surface area contributed by atoms with E-state index in [1.165, 1.54) is 22.6 Å². The second-order valence-corrected chi connectivity index (χ2v) is 7.32. The Morgan fingerprint density at radius 3 is 2.48 bits per heavy atom. The molecule has 0 bridgehead atoms. The SMILES string of the molecule is CCC(=O)N1CCN(C(=O)Cc2ccc3c(c2)CCCS3)CC1. The molecule has 0 saturated carbocycles. The van der Waals surface area contributed by atoms with Crippen LogP contribution in [0.15, 0.2) is 23.1 Å². The number of fused-ring (bicyclic) bond motifs is 1. The summed E-state index contributed by atoms with van der Waals surface area (Å²) in [5, 5.41) is 0. The van der Waals surface area contributed by atoms with Crippen LogP contribution in [0.1, 0.15) is 30.9 Å². The standard InChI is InChI=1S/C18H24N2O2S/c1-2-17(21)19-7-9-20(10-8-19)18(22)13-14-5-6-16-15(12-14)4-3-11-23-16/h5-6,12H,2-4,7-11,13H2,1H3. The van der Waals surface area contributed by atoms with Crippen LogP contribution in [0, 0.1) is 0 Å². The van der Waals surface area contributed by atoms with Crippen LogP contribution >= 0.6 is 11.8 Å². The van der Waals surface area contributed by atoms with Gasteiger partial charge in [0.05, 0.1) is 6.42 Å². The minimum absolute atomic E-state index is 0.178. The molecule has 5 heteroatoms. The van der Waals surface area contributed by atoms with E-state index in [4.69, 9.17) is 0 Å². The Hall–Kier alpha value is -1.49. The largest absolute Gasteiger partial charge is 0.339 e. The van der Waals surface area contributed by atoms with Crippen LogP contribution in [0.25, 0.3) is 0 Å². The van der Waals surface area contributed by atoms with E-state index < -0.39 is 0 Å². The number of hydrogen-bond donors (Lipinski definition) is 0. The molecule has 124 valence electrons. The summed E-state index contributed by atoms with van der Waals surface area (Å²) in [6.45, 7) is 4.53. The maximum atomic E-state index is 12.5. The summed E-state index contributed by atoms with van der Waals surface area (Å²) in [6.07, 6.45) is 3.37. The normalized spacial score (nSPS) is 17.8. The van der Waals surface area contributed by atoms with E-state index >= 15 is 0 Å². The molecule has 0 radical (unpaired) electrons. The van der Waals surface area contributed by atoms with Gasteiger partial charge in [0.15, 0.2) is 0 Å². The first-order valence-corrected chi connectivity index (χ1v) is 9.46. The van der Waals surface area contributed by atoms with Crippen LogP contribution in [-0.2, 0) is 22.4 Å². The summed E-state index contributed by atoms with van der Waals surface area (Å²) in [5.41, 5.74) is 2.51. The lowest BCUT2D eigenvalue weighted by Crippen LogP contribution is -2.50. The number of piperazine rings is 1. The van der Waals surface area contributed by atoms with Crippen molar-refractivity contribution in [2.75, 3.05) is 31.9 Å². The van der Waals surface area contributed by atoms with Gasteiger partial charge in [0, 0.05) is 37.5 Å². The fourth-order valence-corrected chi connectivity index (χ4v) is 4.26. The molecule has 0 spiro atoms. The Labute approximate surface area is 142 Å². The van der Waals surface area contributed by atoms with E-state index in [1.54, 1.807) is 0 Å². The highest BCUT2D eigenvalue weighted by atomic mass is 32.2.